The first kappa shape index (κ1) is 16.4. The molecule has 1 aliphatic heterocycles. The summed E-state index contributed by atoms with van der Waals surface area (Å²) in [6.45, 7) is 9.73. The fourth-order valence-corrected chi connectivity index (χ4v) is 2.91. The van der Waals surface area contributed by atoms with Crippen molar-refractivity contribution in [2.24, 2.45) is 0 Å². The molecule has 0 N–H and O–H groups in total. The van der Waals surface area contributed by atoms with E-state index in [0.29, 0.717) is 24.9 Å². The molecule has 24 heavy (non-hydrogen) atoms. The molecule has 0 spiro atoms. The van der Waals surface area contributed by atoms with Crippen molar-refractivity contribution in [2.75, 3.05) is 6.61 Å². The predicted octanol–water partition coefficient (Wildman–Crippen LogP) is 3.45. The number of fused-ring (bicyclic) bond motifs is 1. The summed E-state index contributed by atoms with van der Waals surface area (Å²) in [5.41, 5.74) is 2.81. The lowest BCUT2D eigenvalue weighted by Crippen LogP contribution is -2.24. The van der Waals surface area contributed by atoms with E-state index in [9.17, 15) is 0 Å². The van der Waals surface area contributed by atoms with E-state index in [4.69, 9.17) is 14.7 Å². The standard InChI is InChI=1S/C19H23N3O2/c1-5-17-16(10-20)21-18-22(17)11-15(24-18)12-23-14-8-6-13(7-9-14)19(2,3)4/h6-9,15H,5,11-12H2,1-4H3/t15-/m0/s1. The van der Waals surface area contributed by atoms with Crippen LogP contribution in [0.4, 0.5) is 0 Å². The van der Waals surface area contributed by atoms with Crippen LogP contribution in [-0.4, -0.2) is 22.3 Å². The summed E-state index contributed by atoms with van der Waals surface area (Å²) in [5.74, 6) is 0.838. The van der Waals surface area contributed by atoms with Gasteiger partial charge in [0.2, 0.25) is 0 Å². The first-order chi connectivity index (χ1) is 11.4. The predicted molar refractivity (Wildman–Crippen MR) is 91.4 cm³/mol. The van der Waals surface area contributed by atoms with Gasteiger partial charge in [0.15, 0.2) is 11.8 Å². The van der Waals surface area contributed by atoms with Crippen molar-refractivity contribution < 1.29 is 9.47 Å². The van der Waals surface area contributed by atoms with Crippen molar-refractivity contribution in [1.82, 2.24) is 9.55 Å². The monoisotopic (exact) mass is 325 g/mol. The number of hydrogen-bond acceptors (Lipinski definition) is 4. The lowest BCUT2D eigenvalue weighted by Gasteiger charge is -2.19. The van der Waals surface area contributed by atoms with Gasteiger partial charge < -0.3 is 9.47 Å². The molecule has 0 fully saturated rings. The minimum absolute atomic E-state index is 0.0761. The van der Waals surface area contributed by atoms with Gasteiger partial charge in [0.05, 0.1) is 12.2 Å². The number of aromatic nitrogens is 2. The van der Waals surface area contributed by atoms with Gasteiger partial charge in [-0.2, -0.15) is 10.2 Å². The second kappa shape index (κ2) is 6.20. The topological polar surface area (TPSA) is 60.1 Å². The van der Waals surface area contributed by atoms with Gasteiger partial charge in [-0.05, 0) is 29.5 Å². The van der Waals surface area contributed by atoms with Crippen LogP contribution < -0.4 is 9.47 Å². The minimum atomic E-state index is -0.0761. The first-order valence-electron chi connectivity index (χ1n) is 8.32. The van der Waals surface area contributed by atoms with Crippen LogP contribution in [0.15, 0.2) is 24.3 Å². The second-order valence-electron chi connectivity index (χ2n) is 7.09. The molecule has 3 rings (SSSR count). The van der Waals surface area contributed by atoms with E-state index in [1.54, 1.807) is 0 Å². The van der Waals surface area contributed by atoms with Crippen molar-refractivity contribution in [1.29, 1.82) is 5.26 Å². The van der Waals surface area contributed by atoms with Gasteiger partial charge in [0.25, 0.3) is 6.01 Å². The number of nitrogens with zero attached hydrogens (tertiary/aromatic N) is 3. The lowest BCUT2D eigenvalue weighted by atomic mass is 9.87. The summed E-state index contributed by atoms with van der Waals surface area (Å²) in [6.07, 6.45) is 0.689. The van der Waals surface area contributed by atoms with E-state index >= 15 is 0 Å². The summed E-state index contributed by atoms with van der Waals surface area (Å²) in [5, 5.41) is 9.10. The number of rotatable bonds is 4. The number of benzene rings is 1. The fourth-order valence-electron chi connectivity index (χ4n) is 2.91. The average Bonchev–Trinajstić information content (AvgIpc) is 3.08. The highest BCUT2D eigenvalue weighted by molar-refractivity contribution is 5.33. The summed E-state index contributed by atoms with van der Waals surface area (Å²) >= 11 is 0. The van der Waals surface area contributed by atoms with Crippen LogP contribution in [0.2, 0.25) is 0 Å². The molecule has 2 heterocycles. The molecule has 5 nitrogen and oxygen atoms in total. The van der Waals surface area contributed by atoms with Crippen LogP contribution in [0.3, 0.4) is 0 Å². The van der Waals surface area contributed by atoms with Crippen molar-refractivity contribution in [3.8, 4) is 17.8 Å². The highest BCUT2D eigenvalue weighted by Gasteiger charge is 2.29. The normalized spacial score (nSPS) is 16.4. The molecule has 1 aliphatic rings. The van der Waals surface area contributed by atoms with Crippen molar-refractivity contribution in [3.05, 3.63) is 41.2 Å². The van der Waals surface area contributed by atoms with Crippen LogP contribution in [0.1, 0.15) is 44.6 Å². The van der Waals surface area contributed by atoms with Crippen LogP contribution >= 0.6 is 0 Å². The summed E-state index contributed by atoms with van der Waals surface area (Å²) in [7, 11) is 0. The van der Waals surface area contributed by atoms with Crippen molar-refractivity contribution in [2.45, 2.75) is 52.2 Å². The van der Waals surface area contributed by atoms with Crippen LogP contribution in [0, 0.1) is 11.3 Å². The van der Waals surface area contributed by atoms with E-state index < -0.39 is 0 Å². The quantitative estimate of drug-likeness (QED) is 0.864. The largest absolute Gasteiger partial charge is 0.490 e. The Morgan fingerprint density at radius 2 is 2.04 bits per heavy atom. The second-order valence-corrected chi connectivity index (χ2v) is 7.09. The SMILES string of the molecule is CCc1c(C#N)nc2n1C[C@@H](COc1ccc(C(C)(C)C)cc1)O2. The zero-order valence-corrected chi connectivity index (χ0v) is 14.7. The number of imidazole rings is 1. The molecule has 0 aliphatic carbocycles. The van der Waals surface area contributed by atoms with E-state index in [1.165, 1.54) is 5.56 Å². The van der Waals surface area contributed by atoms with Crippen molar-refractivity contribution in [3.63, 3.8) is 0 Å². The Balaban J connectivity index is 1.61. The molecule has 1 aromatic carbocycles. The van der Waals surface area contributed by atoms with E-state index in [-0.39, 0.29) is 11.5 Å². The maximum Gasteiger partial charge on any atom is 0.298 e. The lowest BCUT2D eigenvalue weighted by molar-refractivity contribution is 0.143. The molecule has 0 amide bonds. The highest BCUT2D eigenvalue weighted by Crippen LogP contribution is 2.27. The van der Waals surface area contributed by atoms with Crippen molar-refractivity contribution >= 4 is 0 Å². The van der Waals surface area contributed by atoms with Gasteiger partial charge in [-0.1, -0.05) is 39.8 Å². The van der Waals surface area contributed by atoms with Crippen LogP contribution in [0.25, 0.3) is 0 Å². The average molecular weight is 325 g/mol. The minimum Gasteiger partial charge on any atom is -0.490 e. The summed E-state index contributed by atoms with van der Waals surface area (Å²) in [6, 6.07) is 10.9. The molecule has 0 saturated heterocycles. The van der Waals surface area contributed by atoms with Crippen LogP contribution in [-0.2, 0) is 18.4 Å². The summed E-state index contributed by atoms with van der Waals surface area (Å²) < 4.78 is 13.6. The molecule has 0 unspecified atom stereocenters. The highest BCUT2D eigenvalue weighted by atomic mass is 16.6. The van der Waals surface area contributed by atoms with Gasteiger partial charge >= 0.3 is 0 Å². The van der Waals surface area contributed by atoms with Gasteiger partial charge in [0.1, 0.15) is 18.4 Å². The molecule has 2 aromatic rings. The van der Waals surface area contributed by atoms with E-state index in [0.717, 1.165) is 17.9 Å². The molecule has 0 saturated carbocycles. The Morgan fingerprint density at radius 1 is 1.33 bits per heavy atom. The first-order valence-corrected chi connectivity index (χ1v) is 8.32. The third-order valence-electron chi connectivity index (χ3n) is 4.29. The third-order valence-corrected chi connectivity index (χ3v) is 4.29. The van der Waals surface area contributed by atoms with Gasteiger partial charge in [-0.25, -0.2) is 0 Å². The van der Waals surface area contributed by atoms with E-state index in [1.807, 2.05) is 23.6 Å². The molecular weight excluding hydrogens is 302 g/mol. The molecule has 1 aromatic heterocycles. The zero-order chi connectivity index (χ0) is 17.3. The van der Waals surface area contributed by atoms with Gasteiger partial charge in [-0.15, -0.1) is 0 Å². The summed E-state index contributed by atoms with van der Waals surface area (Å²) in [4.78, 5) is 4.25. The smallest absolute Gasteiger partial charge is 0.298 e. The Labute approximate surface area is 142 Å². The Kier molecular flexibility index (Phi) is 4.23. The maximum absolute atomic E-state index is 9.10. The molecule has 5 heteroatoms. The maximum atomic E-state index is 9.10. The molecule has 0 radical (unpaired) electrons. The Morgan fingerprint density at radius 3 is 2.62 bits per heavy atom. The number of ether oxygens (including phenoxy) is 2. The zero-order valence-electron chi connectivity index (χ0n) is 14.7. The fraction of sp³-hybridized carbons (Fsp3) is 0.474. The molecular formula is C19H23N3O2. The molecule has 1 atom stereocenters. The van der Waals surface area contributed by atoms with E-state index in [2.05, 4.69) is 44.0 Å². The Bertz CT molecular complexity index is 764. The van der Waals surface area contributed by atoms with Crippen LogP contribution in [0.5, 0.6) is 11.8 Å². The Hall–Kier alpha value is -2.48. The van der Waals surface area contributed by atoms with Gasteiger partial charge in [0, 0.05) is 0 Å². The molecule has 126 valence electrons. The van der Waals surface area contributed by atoms with Gasteiger partial charge in [-0.3, -0.25) is 4.57 Å². The molecule has 0 bridgehead atoms. The number of hydrogen-bond donors (Lipinski definition) is 0. The number of nitriles is 1. The third kappa shape index (κ3) is 3.09.